The highest BCUT2D eigenvalue weighted by Crippen LogP contribution is 2.27. The summed E-state index contributed by atoms with van der Waals surface area (Å²) in [6.07, 6.45) is 0. The predicted octanol–water partition coefficient (Wildman–Crippen LogP) is 2.69. The number of nitrogens with zero attached hydrogens (tertiary/aromatic N) is 2. The van der Waals surface area contributed by atoms with Crippen molar-refractivity contribution in [3.63, 3.8) is 0 Å². The molecule has 0 bridgehead atoms. The van der Waals surface area contributed by atoms with E-state index in [4.69, 9.17) is 10.5 Å². The Kier molecular flexibility index (Phi) is 5.11. The third-order valence-electron chi connectivity index (χ3n) is 3.10. The number of nitrogens with two attached hydrogens (primary N) is 1. The summed E-state index contributed by atoms with van der Waals surface area (Å²) in [6, 6.07) is 8.57. The van der Waals surface area contributed by atoms with Crippen LogP contribution in [0.5, 0.6) is 0 Å². The summed E-state index contributed by atoms with van der Waals surface area (Å²) in [5.41, 5.74) is 9.26. The monoisotopic (exact) mass is 291 g/mol. The van der Waals surface area contributed by atoms with Crippen LogP contribution in [0.3, 0.4) is 0 Å². The topological polar surface area (TPSA) is 51.4 Å². The van der Waals surface area contributed by atoms with Crippen LogP contribution in [0.4, 0.5) is 5.13 Å². The molecule has 1 aromatic carbocycles. The standard InChI is InChI=1S/C15H21N3OS/c1-11-4-6-12(7-5-11)9-18(2)15-17-13(10-19-3)14(8-16)20-15/h4-7H,8-10,16H2,1-3H3. The van der Waals surface area contributed by atoms with Crippen molar-refractivity contribution in [2.45, 2.75) is 26.6 Å². The number of ether oxygens (including phenoxy) is 1. The van der Waals surface area contributed by atoms with E-state index in [1.165, 1.54) is 11.1 Å². The zero-order valence-electron chi connectivity index (χ0n) is 12.2. The van der Waals surface area contributed by atoms with Crippen LogP contribution >= 0.6 is 11.3 Å². The zero-order valence-corrected chi connectivity index (χ0v) is 13.0. The van der Waals surface area contributed by atoms with Gasteiger partial charge in [0.25, 0.3) is 0 Å². The Hall–Kier alpha value is -1.43. The second kappa shape index (κ2) is 6.83. The van der Waals surface area contributed by atoms with Gasteiger partial charge in [-0.25, -0.2) is 4.98 Å². The minimum absolute atomic E-state index is 0.509. The van der Waals surface area contributed by atoms with E-state index in [2.05, 4.69) is 48.1 Å². The minimum Gasteiger partial charge on any atom is -0.378 e. The molecule has 0 saturated carbocycles. The van der Waals surface area contributed by atoms with Gasteiger partial charge in [-0.15, -0.1) is 11.3 Å². The number of anilines is 1. The van der Waals surface area contributed by atoms with Gasteiger partial charge in [0.05, 0.1) is 12.3 Å². The molecule has 0 aliphatic rings. The molecule has 0 atom stereocenters. The lowest BCUT2D eigenvalue weighted by atomic mass is 10.1. The normalized spacial score (nSPS) is 10.8. The zero-order chi connectivity index (χ0) is 14.5. The van der Waals surface area contributed by atoms with Crippen molar-refractivity contribution in [1.82, 2.24) is 4.98 Å². The average Bonchev–Trinajstić information content (AvgIpc) is 2.85. The lowest BCUT2D eigenvalue weighted by molar-refractivity contribution is 0.181. The molecule has 1 aromatic heterocycles. The fourth-order valence-corrected chi connectivity index (χ4v) is 2.88. The van der Waals surface area contributed by atoms with Crippen LogP contribution < -0.4 is 10.6 Å². The maximum absolute atomic E-state index is 5.76. The molecule has 0 radical (unpaired) electrons. The number of hydrogen-bond donors (Lipinski definition) is 1. The van der Waals surface area contributed by atoms with Gasteiger partial charge in [0.1, 0.15) is 0 Å². The van der Waals surface area contributed by atoms with Crippen LogP contribution in [-0.2, 0) is 24.4 Å². The van der Waals surface area contributed by atoms with Gasteiger partial charge in [0, 0.05) is 32.1 Å². The van der Waals surface area contributed by atoms with Crippen LogP contribution in [0.15, 0.2) is 24.3 Å². The van der Waals surface area contributed by atoms with Gasteiger partial charge in [0.15, 0.2) is 5.13 Å². The van der Waals surface area contributed by atoms with Crippen molar-refractivity contribution < 1.29 is 4.74 Å². The van der Waals surface area contributed by atoms with E-state index in [1.807, 2.05) is 0 Å². The molecule has 0 fully saturated rings. The summed E-state index contributed by atoms with van der Waals surface area (Å²) in [4.78, 5) is 7.87. The number of aromatic nitrogens is 1. The van der Waals surface area contributed by atoms with E-state index in [0.29, 0.717) is 13.2 Å². The van der Waals surface area contributed by atoms with Crippen LogP contribution in [0.1, 0.15) is 21.7 Å². The van der Waals surface area contributed by atoms with E-state index < -0.39 is 0 Å². The number of aryl methyl sites for hydroxylation is 1. The van der Waals surface area contributed by atoms with Crippen molar-refractivity contribution in [1.29, 1.82) is 0 Å². The van der Waals surface area contributed by atoms with Gasteiger partial charge >= 0.3 is 0 Å². The predicted molar refractivity (Wildman–Crippen MR) is 84.0 cm³/mol. The number of rotatable bonds is 6. The molecule has 0 unspecified atom stereocenters. The van der Waals surface area contributed by atoms with Crippen molar-refractivity contribution in [3.05, 3.63) is 46.0 Å². The van der Waals surface area contributed by atoms with Crippen LogP contribution in [0.2, 0.25) is 0 Å². The summed E-state index contributed by atoms with van der Waals surface area (Å²) in [5, 5.41) is 0.984. The molecule has 0 saturated heterocycles. The van der Waals surface area contributed by atoms with Gasteiger partial charge in [-0.2, -0.15) is 0 Å². The number of benzene rings is 1. The lowest BCUT2D eigenvalue weighted by Gasteiger charge is -2.15. The van der Waals surface area contributed by atoms with E-state index >= 15 is 0 Å². The molecule has 2 rings (SSSR count). The third-order valence-corrected chi connectivity index (χ3v) is 4.33. The first-order valence-corrected chi connectivity index (χ1v) is 7.40. The largest absolute Gasteiger partial charge is 0.378 e. The molecule has 4 nitrogen and oxygen atoms in total. The number of hydrogen-bond acceptors (Lipinski definition) is 5. The molecular formula is C15H21N3OS. The summed E-state index contributed by atoms with van der Waals surface area (Å²) in [7, 11) is 3.73. The maximum atomic E-state index is 5.76. The highest BCUT2D eigenvalue weighted by Gasteiger charge is 2.13. The van der Waals surface area contributed by atoms with Crippen molar-refractivity contribution >= 4 is 16.5 Å². The second-order valence-corrected chi connectivity index (χ2v) is 5.91. The molecule has 0 amide bonds. The quantitative estimate of drug-likeness (QED) is 0.889. The Balaban J connectivity index is 2.12. The summed E-state index contributed by atoms with van der Waals surface area (Å²) < 4.78 is 5.16. The molecule has 0 aliphatic carbocycles. The molecule has 0 spiro atoms. The minimum atomic E-state index is 0.509. The van der Waals surface area contributed by atoms with E-state index in [9.17, 15) is 0 Å². The Morgan fingerprint density at radius 2 is 2.00 bits per heavy atom. The smallest absolute Gasteiger partial charge is 0.185 e. The van der Waals surface area contributed by atoms with Crippen LogP contribution in [-0.4, -0.2) is 19.1 Å². The Morgan fingerprint density at radius 3 is 2.60 bits per heavy atom. The fraction of sp³-hybridized carbons (Fsp3) is 0.400. The average molecular weight is 291 g/mol. The van der Waals surface area contributed by atoms with Gasteiger partial charge in [0.2, 0.25) is 0 Å². The highest BCUT2D eigenvalue weighted by molar-refractivity contribution is 7.15. The fourth-order valence-electron chi connectivity index (χ4n) is 1.98. The van der Waals surface area contributed by atoms with Crippen LogP contribution in [0.25, 0.3) is 0 Å². The van der Waals surface area contributed by atoms with Gasteiger partial charge in [-0.1, -0.05) is 29.8 Å². The molecule has 108 valence electrons. The Bertz CT molecular complexity index is 551. The van der Waals surface area contributed by atoms with Crippen molar-refractivity contribution in [2.24, 2.45) is 5.73 Å². The molecule has 2 N–H and O–H groups in total. The molecular weight excluding hydrogens is 270 g/mol. The van der Waals surface area contributed by atoms with Gasteiger partial charge in [-0.05, 0) is 12.5 Å². The van der Waals surface area contributed by atoms with Crippen LogP contribution in [0, 0.1) is 6.92 Å². The van der Waals surface area contributed by atoms with E-state index in [-0.39, 0.29) is 0 Å². The van der Waals surface area contributed by atoms with Gasteiger partial charge in [-0.3, -0.25) is 0 Å². The Morgan fingerprint density at radius 1 is 1.30 bits per heavy atom. The van der Waals surface area contributed by atoms with E-state index in [0.717, 1.165) is 22.2 Å². The van der Waals surface area contributed by atoms with Crippen molar-refractivity contribution in [2.75, 3.05) is 19.1 Å². The van der Waals surface area contributed by atoms with Crippen molar-refractivity contribution in [3.8, 4) is 0 Å². The molecule has 0 aliphatic heterocycles. The first-order valence-electron chi connectivity index (χ1n) is 6.58. The molecule has 2 aromatic rings. The number of methoxy groups -OCH3 is 1. The molecule has 5 heteroatoms. The Labute approximate surface area is 124 Å². The lowest BCUT2D eigenvalue weighted by Crippen LogP contribution is -2.16. The molecule has 20 heavy (non-hydrogen) atoms. The highest BCUT2D eigenvalue weighted by atomic mass is 32.1. The third kappa shape index (κ3) is 3.56. The number of thiazole rings is 1. The summed E-state index contributed by atoms with van der Waals surface area (Å²) >= 11 is 1.64. The summed E-state index contributed by atoms with van der Waals surface area (Å²) in [5.74, 6) is 0. The van der Waals surface area contributed by atoms with Gasteiger partial charge < -0.3 is 15.4 Å². The summed E-state index contributed by atoms with van der Waals surface area (Å²) in [6.45, 7) is 3.96. The first-order chi connectivity index (χ1) is 9.63. The second-order valence-electron chi connectivity index (χ2n) is 4.85. The maximum Gasteiger partial charge on any atom is 0.185 e. The first kappa shape index (κ1) is 15.0. The van der Waals surface area contributed by atoms with E-state index in [1.54, 1.807) is 18.4 Å². The molecule has 1 heterocycles. The SMILES string of the molecule is COCc1nc(N(C)Cc2ccc(C)cc2)sc1CN.